The van der Waals surface area contributed by atoms with E-state index in [9.17, 15) is 4.39 Å². The molecule has 0 amide bonds. The molecule has 2 heterocycles. The molecule has 96 valence electrons. The van der Waals surface area contributed by atoms with E-state index in [0.29, 0.717) is 11.9 Å². The molecular formula is C13H16FN3O. The third-order valence-corrected chi connectivity index (χ3v) is 3.26. The predicted molar refractivity (Wildman–Crippen MR) is 68.1 cm³/mol. The minimum atomic E-state index is -0.251. The SMILES string of the molecule is Fc1ccc2nc(NCC3CCCOC3)[nH]c2c1. The summed E-state index contributed by atoms with van der Waals surface area (Å²) in [7, 11) is 0. The number of hydrogen-bond acceptors (Lipinski definition) is 3. The average molecular weight is 249 g/mol. The average Bonchev–Trinajstić information content (AvgIpc) is 2.79. The van der Waals surface area contributed by atoms with Crippen molar-refractivity contribution in [3.05, 3.63) is 24.0 Å². The van der Waals surface area contributed by atoms with E-state index in [2.05, 4.69) is 15.3 Å². The molecule has 1 saturated heterocycles. The van der Waals surface area contributed by atoms with Gasteiger partial charge in [0.1, 0.15) is 5.82 Å². The smallest absolute Gasteiger partial charge is 0.201 e. The first kappa shape index (κ1) is 11.5. The maximum Gasteiger partial charge on any atom is 0.201 e. The Balaban J connectivity index is 1.67. The highest BCUT2D eigenvalue weighted by Gasteiger charge is 2.14. The molecule has 3 rings (SSSR count). The fraction of sp³-hybridized carbons (Fsp3) is 0.462. The van der Waals surface area contributed by atoms with Gasteiger partial charge in [-0.2, -0.15) is 0 Å². The van der Waals surface area contributed by atoms with E-state index < -0.39 is 0 Å². The molecule has 4 nitrogen and oxygen atoms in total. The summed E-state index contributed by atoms with van der Waals surface area (Å²) in [6.07, 6.45) is 2.31. The molecule has 0 bridgehead atoms. The lowest BCUT2D eigenvalue weighted by molar-refractivity contribution is 0.0594. The van der Waals surface area contributed by atoms with Crippen LogP contribution in [0.2, 0.25) is 0 Å². The summed E-state index contributed by atoms with van der Waals surface area (Å²) in [5.41, 5.74) is 1.50. The number of H-pyrrole nitrogens is 1. The number of aromatic amines is 1. The van der Waals surface area contributed by atoms with Crippen LogP contribution in [0.15, 0.2) is 18.2 Å². The molecule has 0 saturated carbocycles. The Labute approximate surface area is 105 Å². The van der Waals surface area contributed by atoms with Crippen LogP contribution in [0, 0.1) is 11.7 Å². The van der Waals surface area contributed by atoms with E-state index in [4.69, 9.17) is 4.74 Å². The van der Waals surface area contributed by atoms with Crippen molar-refractivity contribution in [2.75, 3.05) is 25.1 Å². The molecule has 1 unspecified atom stereocenters. The summed E-state index contributed by atoms with van der Waals surface area (Å²) in [5.74, 6) is 0.975. The summed E-state index contributed by atoms with van der Waals surface area (Å²) < 4.78 is 18.5. The van der Waals surface area contributed by atoms with Crippen LogP contribution < -0.4 is 5.32 Å². The molecule has 1 fully saturated rings. The van der Waals surface area contributed by atoms with Crippen molar-refractivity contribution >= 4 is 17.0 Å². The number of ether oxygens (including phenoxy) is 1. The fourth-order valence-electron chi connectivity index (χ4n) is 2.27. The fourth-order valence-corrected chi connectivity index (χ4v) is 2.27. The molecular weight excluding hydrogens is 233 g/mol. The van der Waals surface area contributed by atoms with Crippen molar-refractivity contribution in [3.63, 3.8) is 0 Å². The number of anilines is 1. The normalized spacial score (nSPS) is 20.2. The summed E-state index contributed by atoms with van der Waals surface area (Å²) in [6.45, 7) is 2.52. The highest BCUT2D eigenvalue weighted by Crippen LogP contribution is 2.17. The first-order chi connectivity index (χ1) is 8.81. The standard InChI is InChI=1S/C13H16FN3O/c14-10-3-4-11-12(6-10)17-13(16-11)15-7-9-2-1-5-18-8-9/h3-4,6,9H,1-2,5,7-8H2,(H2,15,16,17). The molecule has 1 aliphatic heterocycles. The predicted octanol–water partition coefficient (Wildman–Crippen LogP) is 2.54. The minimum absolute atomic E-state index is 0.251. The zero-order valence-corrected chi connectivity index (χ0v) is 10.1. The second kappa shape index (κ2) is 4.94. The summed E-state index contributed by atoms with van der Waals surface area (Å²) in [6, 6.07) is 4.55. The van der Waals surface area contributed by atoms with Gasteiger partial charge < -0.3 is 15.0 Å². The molecule has 2 aromatic rings. The van der Waals surface area contributed by atoms with Crippen molar-refractivity contribution in [1.29, 1.82) is 0 Å². The van der Waals surface area contributed by atoms with Crippen LogP contribution in [-0.4, -0.2) is 29.7 Å². The number of rotatable bonds is 3. The second-order valence-electron chi connectivity index (χ2n) is 4.71. The van der Waals surface area contributed by atoms with Crippen LogP contribution in [0.4, 0.5) is 10.3 Å². The number of hydrogen-bond donors (Lipinski definition) is 2. The Morgan fingerprint density at radius 1 is 1.50 bits per heavy atom. The van der Waals surface area contributed by atoms with Crippen molar-refractivity contribution in [3.8, 4) is 0 Å². The quantitative estimate of drug-likeness (QED) is 0.878. The lowest BCUT2D eigenvalue weighted by Crippen LogP contribution is -2.24. The number of aromatic nitrogens is 2. The van der Waals surface area contributed by atoms with Gasteiger partial charge in [0.25, 0.3) is 0 Å². The third kappa shape index (κ3) is 2.46. The Morgan fingerprint density at radius 3 is 3.28 bits per heavy atom. The number of halogens is 1. The van der Waals surface area contributed by atoms with Crippen LogP contribution >= 0.6 is 0 Å². The van der Waals surface area contributed by atoms with E-state index >= 15 is 0 Å². The van der Waals surface area contributed by atoms with Crippen LogP contribution in [0.5, 0.6) is 0 Å². The summed E-state index contributed by atoms with van der Waals surface area (Å²) >= 11 is 0. The Kier molecular flexibility index (Phi) is 3.15. The number of fused-ring (bicyclic) bond motifs is 1. The lowest BCUT2D eigenvalue weighted by atomic mass is 10.0. The van der Waals surface area contributed by atoms with E-state index in [1.807, 2.05) is 0 Å². The zero-order chi connectivity index (χ0) is 12.4. The second-order valence-corrected chi connectivity index (χ2v) is 4.71. The van der Waals surface area contributed by atoms with Gasteiger partial charge in [-0.25, -0.2) is 9.37 Å². The highest BCUT2D eigenvalue weighted by atomic mass is 19.1. The van der Waals surface area contributed by atoms with Gasteiger partial charge in [-0.3, -0.25) is 0 Å². The van der Waals surface area contributed by atoms with Gasteiger partial charge in [0.05, 0.1) is 17.6 Å². The lowest BCUT2D eigenvalue weighted by Gasteiger charge is -2.21. The maximum absolute atomic E-state index is 13.0. The molecule has 0 aliphatic carbocycles. The van der Waals surface area contributed by atoms with Crippen molar-refractivity contribution in [2.45, 2.75) is 12.8 Å². The van der Waals surface area contributed by atoms with Crippen molar-refractivity contribution < 1.29 is 9.13 Å². The van der Waals surface area contributed by atoms with E-state index in [0.717, 1.165) is 37.2 Å². The zero-order valence-electron chi connectivity index (χ0n) is 10.1. The molecule has 0 spiro atoms. The number of imidazole rings is 1. The third-order valence-electron chi connectivity index (χ3n) is 3.26. The van der Waals surface area contributed by atoms with E-state index in [1.165, 1.54) is 18.6 Å². The van der Waals surface area contributed by atoms with Gasteiger partial charge >= 0.3 is 0 Å². The topological polar surface area (TPSA) is 49.9 Å². The monoisotopic (exact) mass is 249 g/mol. The molecule has 1 aromatic heterocycles. The summed E-state index contributed by atoms with van der Waals surface area (Å²) in [5, 5.41) is 3.25. The van der Waals surface area contributed by atoms with E-state index in [-0.39, 0.29) is 5.82 Å². The molecule has 5 heteroatoms. The Morgan fingerprint density at radius 2 is 2.44 bits per heavy atom. The largest absolute Gasteiger partial charge is 0.381 e. The van der Waals surface area contributed by atoms with E-state index in [1.54, 1.807) is 6.07 Å². The number of nitrogens with one attached hydrogen (secondary N) is 2. The van der Waals surface area contributed by atoms with Gasteiger partial charge in [0.2, 0.25) is 5.95 Å². The molecule has 1 atom stereocenters. The van der Waals surface area contributed by atoms with Crippen LogP contribution in [0.3, 0.4) is 0 Å². The van der Waals surface area contributed by atoms with Gasteiger partial charge in [-0.05, 0) is 37.0 Å². The van der Waals surface area contributed by atoms with Gasteiger partial charge in [0, 0.05) is 13.2 Å². The van der Waals surface area contributed by atoms with Gasteiger partial charge in [-0.1, -0.05) is 0 Å². The minimum Gasteiger partial charge on any atom is -0.381 e. The maximum atomic E-state index is 13.0. The number of nitrogens with zero attached hydrogens (tertiary/aromatic N) is 1. The first-order valence-electron chi connectivity index (χ1n) is 6.28. The Bertz CT molecular complexity index is 534. The van der Waals surface area contributed by atoms with Gasteiger partial charge in [-0.15, -0.1) is 0 Å². The first-order valence-corrected chi connectivity index (χ1v) is 6.28. The number of benzene rings is 1. The highest BCUT2D eigenvalue weighted by molar-refractivity contribution is 5.77. The van der Waals surface area contributed by atoms with Crippen LogP contribution in [-0.2, 0) is 4.74 Å². The van der Waals surface area contributed by atoms with Crippen molar-refractivity contribution in [1.82, 2.24) is 9.97 Å². The summed E-state index contributed by atoms with van der Waals surface area (Å²) in [4.78, 5) is 7.44. The van der Waals surface area contributed by atoms with Gasteiger partial charge in [0.15, 0.2) is 0 Å². The molecule has 1 aromatic carbocycles. The molecule has 1 aliphatic rings. The van der Waals surface area contributed by atoms with Crippen LogP contribution in [0.1, 0.15) is 12.8 Å². The Hall–Kier alpha value is -1.62. The molecule has 18 heavy (non-hydrogen) atoms. The molecule has 0 radical (unpaired) electrons. The molecule has 2 N–H and O–H groups in total. The van der Waals surface area contributed by atoms with Crippen LogP contribution in [0.25, 0.3) is 11.0 Å². The van der Waals surface area contributed by atoms with Crippen molar-refractivity contribution in [2.24, 2.45) is 5.92 Å².